The van der Waals surface area contributed by atoms with E-state index >= 15 is 0 Å². The van der Waals surface area contributed by atoms with E-state index in [2.05, 4.69) is 286 Å². The zero-order valence-electron chi connectivity index (χ0n) is 41.7. The van der Waals surface area contributed by atoms with E-state index in [1.165, 1.54) is 83.5 Å². The molecule has 2 aliphatic rings. The third-order valence-electron chi connectivity index (χ3n) is 15.3. The largest absolute Gasteiger partial charge is 0.310 e. The highest BCUT2D eigenvalue weighted by atomic mass is 15.1. The third-order valence-corrected chi connectivity index (χ3v) is 15.3. The molecule has 0 saturated carbocycles. The number of rotatable bonds is 7. The van der Waals surface area contributed by atoms with Crippen molar-refractivity contribution < 1.29 is 0 Å². The summed E-state index contributed by atoms with van der Waals surface area (Å²) in [4.78, 5) is 2.50. The molecular formula is C68H63N. The molecule has 9 aromatic rings. The summed E-state index contributed by atoms with van der Waals surface area (Å²) in [7, 11) is 0. The molecule has 0 spiro atoms. The van der Waals surface area contributed by atoms with Gasteiger partial charge in [-0.15, -0.1) is 0 Å². The Labute approximate surface area is 411 Å². The van der Waals surface area contributed by atoms with E-state index in [9.17, 15) is 0 Å². The van der Waals surface area contributed by atoms with E-state index in [1.807, 2.05) is 0 Å². The SMILES string of the molecule is CC(C)(C)c1ccc(N(c2ccc3c(c2)-c2ccccc2C3(c2ccccc2)c2ccc(C(C)(C)C)cc2)c2ccc3c(c2)C(c2ccccc2)(c2ccc(C(C)(C)C)cc2)c2ccccc2-3)cc1. The van der Waals surface area contributed by atoms with Gasteiger partial charge < -0.3 is 4.90 Å². The second-order valence-corrected chi connectivity index (χ2v) is 22.6. The molecule has 2 aliphatic carbocycles. The fraction of sp³-hybridized carbons (Fsp3) is 0.206. The highest BCUT2D eigenvalue weighted by Crippen LogP contribution is 2.59. The van der Waals surface area contributed by atoms with Crippen LogP contribution in [0.4, 0.5) is 17.1 Å². The minimum Gasteiger partial charge on any atom is -0.310 e. The van der Waals surface area contributed by atoms with Crippen molar-refractivity contribution in [3.63, 3.8) is 0 Å². The molecule has 1 heteroatoms. The first-order valence-corrected chi connectivity index (χ1v) is 24.8. The zero-order valence-corrected chi connectivity index (χ0v) is 41.7. The van der Waals surface area contributed by atoms with Crippen LogP contribution in [-0.4, -0.2) is 0 Å². The van der Waals surface area contributed by atoms with Gasteiger partial charge in [0, 0.05) is 17.1 Å². The molecular weight excluding hydrogens is 831 g/mol. The van der Waals surface area contributed by atoms with Crippen molar-refractivity contribution in [3.8, 4) is 22.3 Å². The second kappa shape index (κ2) is 16.2. The Bertz CT molecular complexity index is 3340. The van der Waals surface area contributed by atoms with Crippen LogP contribution in [0.1, 0.15) is 124 Å². The third kappa shape index (κ3) is 7.03. The maximum Gasteiger partial charge on any atom is 0.0714 e. The number of nitrogens with zero attached hydrogens (tertiary/aromatic N) is 1. The molecule has 0 radical (unpaired) electrons. The van der Waals surface area contributed by atoms with Gasteiger partial charge in [0.05, 0.1) is 10.8 Å². The van der Waals surface area contributed by atoms with E-state index in [1.54, 1.807) is 0 Å². The Hall–Kier alpha value is -7.22. The van der Waals surface area contributed by atoms with Crippen LogP contribution in [0.5, 0.6) is 0 Å². The van der Waals surface area contributed by atoms with Gasteiger partial charge in [-0.05, 0) is 136 Å². The summed E-state index contributed by atoms with van der Waals surface area (Å²) in [6, 6.07) is 83.3. The highest BCUT2D eigenvalue weighted by molar-refractivity contribution is 5.92. The first-order valence-electron chi connectivity index (χ1n) is 24.8. The molecule has 340 valence electrons. The van der Waals surface area contributed by atoms with E-state index < -0.39 is 10.8 Å². The van der Waals surface area contributed by atoms with Crippen LogP contribution in [0, 0.1) is 0 Å². The fourth-order valence-corrected chi connectivity index (χ4v) is 11.8. The number of hydrogen-bond donors (Lipinski definition) is 0. The molecule has 0 aromatic heterocycles. The predicted octanol–water partition coefficient (Wildman–Crippen LogP) is 17.8. The van der Waals surface area contributed by atoms with Crippen molar-refractivity contribution in [1.29, 1.82) is 0 Å². The maximum atomic E-state index is 2.50. The number of fused-ring (bicyclic) bond motifs is 6. The molecule has 69 heavy (non-hydrogen) atoms. The lowest BCUT2D eigenvalue weighted by molar-refractivity contribution is 0.589. The Morgan fingerprint density at radius 1 is 0.261 bits per heavy atom. The first-order chi connectivity index (χ1) is 33.1. The quantitative estimate of drug-likeness (QED) is 0.154. The Morgan fingerprint density at radius 2 is 0.594 bits per heavy atom. The van der Waals surface area contributed by atoms with E-state index in [-0.39, 0.29) is 16.2 Å². The molecule has 0 aliphatic heterocycles. The molecule has 0 heterocycles. The van der Waals surface area contributed by atoms with Crippen molar-refractivity contribution in [1.82, 2.24) is 0 Å². The minimum atomic E-state index is -0.546. The van der Waals surface area contributed by atoms with Crippen LogP contribution in [0.25, 0.3) is 22.3 Å². The van der Waals surface area contributed by atoms with Crippen LogP contribution in [0.2, 0.25) is 0 Å². The van der Waals surface area contributed by atoms with Crippen LogP contribution in [0.3, 0.4) is 0 Å². The van der Waals surface area contributed by atoms with Gasteiger partial charge in [0.2, 0.25) is 0 Å². The summed E-state index contributed by atoms with van der Waals surface area (Å²) in [6.07, 6.45) is 0. The zero-order chi connectivity index (χ0) is 47.9. The van der Waals surface area contributed by atoms with Crippen LogP contribution in [-0.2, 0) is 27.1 Å². The van der Waals surface area contributed by atoms with Gasteiger partial charge >= 0.3 is 0 Å². The molecule has 0 saturated heterocycles. The molecule has 0 fully saturated rings. The topological polar surface area (TPSA) is 3.24 Å². The van der Waals surface area contributed by atoms with Gasteiger partial charge in [0.15, 0.2) is 0 Å². The average Bonchev–Trinajstić information content (AvgIpc) is 3.82. The van der Waals surface area contributed by atoms with Crippen molar-refractivity contribution in [3.05, 3.63) is 280 Å². The number of hydrogen-bond acceptors (Lipinski definition) is 1. The van der Waals surface area contributed by atoms with E-state index in [0.717, 1.165) is 17.1 Å². The molecule has 2 atom stereocenters. The van der Waals surface area contributed by atoms with Crippen LogP contribution in [0.15, 0.2) is 218 Å². The van der Waals surface area contributed by atoms with Gasteiger partial charge in [0.1, 0.15) is 0 Å². The summed E-state index contributed by atoms with van der Waals surface area (Å²) in [6.45, 7) is 20.7. The standard InChI is InChI=1S/C68H63N/c1-64(2,3)46-28-32-51(33-29-46)67(49-20-12-10-13-21-49)61-27-19-17-25-57(61)59-44-54(41-43-62(59)67)69(53-38-36-48(37-39-53)66(7,8)9)55-40-42-58-56-24-16-18-26-60(56)68(63(58)45-55,50-22-14-11-15-23-50)52-34-30-47(31-35-52)65(4,5)6/h10-45H,1-9H3. The van der Waals surface area contributed by atoms with Gasteiger partial charge in [0.25, 0.3) is 0 Å². The minimum absolute atomic E-state index is 0.0175. The molecule has 1 nitrogen and oxygen atoms in total. The van der Waals surface area contributed by atoms with Gasteiger partial charge in [-0.25, -0.2) is 0 Å². The van der Waals surface area contributed by atoms with Gasteiger partial charge in [-0.2, -0.15) is 0 Å². The Balaban J connectivity index is 1.16. The highest BCUT2D eigenvalue weighted by Gasteiger charge is 2.48. The van der Waals surface area contributed by atoms with Crippen molar-refractivity contribution >= 4 is 17.1 Å². The van der Waals surface area contributed by atoms with Gasteiger partial charge in [-0.3, -0.25) is 0 Å². The Kier molecular flexibility index (Phi) is 10.4. The normalized spacial score (nSPS) is 17.2. The second-order valence-electron chi connectivity index (χ2n) is 22.6. The van der Waals surface area contributed by atoms with Crippen molar-refractivity contribution in [2.75, 3.05) is 4.90 Å². The molecule has 0 bridgehead atoms. The van der Waals surface area contributed by atoms with E-state index in [0.29, 0.717) is 0 Å². The lowest BCUT2D eigenvalue weighted by Gasteiger charge is -2.36. The summed E-state index contributed by atoms with van der Waals surface area (Å²) in [5.74, 6) is 0. The molecule has 0 N–H and O–H groups in total. The summed E-state index contributed by atoms with van der Waals surface area (Å²) < 4.78 is 0. The van der Waals surface area contributed by atoms with Crippen molar-refractivity contribution in [2.45, 2.75) is 89.4 Å². The number of benzene rings is 9. The Morgan fingerprint density at radius 3 is 1.07 bits per heavy atom. The fourth-order valence-electron chi connectivity index (χ4n) is 11.8. The smallest absolute Gasteiger partial charge is 0.0714 e. The molecule has 9 aromatic carbocycles. The monoisotopic (exact) mass is 893 g/mol. The summed E-state index contributed by atoms with van der Waals surface area (Å²) in [5.41, 5.74) is 21.8. The maximum absolute atomic E-state index is 2.50. The number of anilines is 3. The summed E-state index contributed by atoms with van der Waals surface area (Å²) >= 11 is 0. The van der Waals surface area contributed by atoms with E-state index in [4.69, 9.17) is 0 Å². The van der Waals surface area contributed by atoms with Gasteiger partial charge in [-0.1, -0.05) is 244 Å². The average molecular weight is 894 g/mol. The lowest BCUT2D eigenvalue weighted by Crippen LogP contribution is -2.29. The van der Waals surface area contributed by atoms with Crippen LogP contribution >= 0.6 is 0 Å². The first kappa shape index (κ1) is 44.3. The predicted molar refractivity (Wildman–Crippen MR) is 292 cm³/mol. The summed E-state index contributed by atoms with van der Waals surface area (Å²) in [5, 5.41) is 0. The molecule has 2 unspecified atom stereocenters. The molecule has 0 amide bonds. The molecule has 11 rings (SSSR count). The lowest BCUT2D eigenvalue weighted by atomic mass is 9.67. The van der Waals surface area contributed by atoms with Crippen molar-refractivity contribution in [2.24, 2.45) is 0 Å². The van der Waals surface area contributed by atoms with Crippen LogP contribution < -0.4 is 4.90 Å².